The van der Waals surface area contributed by atoms with E-state index in [2.05, 4.69) is 27.7 Å². The largest absolute Gasteiger partial charge is 0.399 e. The quantitative estimate of drug-likeness (QED) is 0.264. The van der Waals surface area contributed by atoms with Gasteiger partial charge in [-0.15, -0.1) is 0 Å². The van der Waals surface area contributed by atoms with Gasteiger partial charge in [-0.1, -0.05) is 36.0 Å². The summed E-state index contributed by atoms with van der Waals surface area (Å²) in [7, 11) is 1.48. The first kappa shape index (κ1) is 21.0. The molecule has 0 N–H and O–H groups in total. The number of rotatable bonds is 8. The summed E-state index contributed by atoms with van der Waals surface area (Å²) in [6.07, 6.45) is 2.14. The van der Waals surface area contributed by atoms with Crippen molar-refractivity contribution in [2.24, 2.45) is 5.16 Å². The van der Waals surface area contributed by atoms with Crippen LogP contribution < -0.4 is 10.4 Å². The third-order valence-electron chi connectivity index (χ3n) is 4.52. The number of fused-ring (bicyclic) bond motifs is 1. The van der Waals surface area contributed by atoms with Crippen molar-refractivity contribution >= 4 is 45.0 Å². The molecule has 7 heteroatoms. The predicted octanol–water partition coefficient (Wildman–Crippen LogP) is 2.44. The van der Waals surface area contributed by atoms with Gasteiger partial charge in [0.05, 0.1) is 23.9 Å². The predicted molar refractivity (Wildman–Crippen MR) is 115 cm³/mol. The Hall–Kier alpha value is -2.77. The monoisotopic (exact) mass is 456 g/mol. The molecule has 150 valence electrons. The minimum Gasteiger partial charge on any atom is -0.399 e. The molecule has 2 amide bonds. The van der Waals surface area contributed by atoms with Gasteiger partial charge in [0, 0.05) is 17.6 Å². The highest BCUT2D eigenvalue weighted by molar-refractivity contribution is 9.15. The van der Waals surface area contributed by atoms with Crippen LogP contribution in [0.25, 0.3) is 11.1 Å². The molecule has 0 saturated carbocycles. The van der Waals surface area contributed by atoms with Gasteiger partial charge in [0.2, 0.25) is 0 Å². The van der Waals surface area contributed by atoms with Crippen molar-refractivity contribution in [3.63, 3.8) is 0 Å². The number of ether oxygens (including phenoxy) is 1. The number of hydrogen-bond acceptors (Lipinski definition) is 5. The Kier molecular flexibility index (Phi) is 6.95. The fourth-order valence-electron chi connectivity index (χ4n) is 3.06. The number of oxime groups is 1. The maximum absolute atomic E-state index is 12.3. The van der Waals surface area contributed by atoms with Crippen LogP contribution in [0.2, 0.25) is 0 Å². The van der Waals surface area contributed by atoms with Crippen LogP contribution in [0, 0.1) is 0 Å². The molecule has 0 aliphatic carbocycles. The fraction of sp³-hybridized carbons (Fsp3) is 0.227. The molecular formula is C22H21BrN2O4. The lowest BCUT2D eigenvalue weighted by molar-refractivity contribution is 0.0619. The minimum atomic E-state index is -0.237. The second-order valence-corrected chi connectivity index (χ2v) is 7.32. The van der Waals surface area contributed by atoms with Crippen LogP contribution in [0.5, 0.6) is 0 Å². The molecule has 0 atom stereocenters. The zero-order chi connectivity index (χ0) is 20.8. The van der Waals surface area contributed by atoms with Crippen molar-refractivity contribution in [1.29, 1.82) is 0 Å². The van der Waals surface area contributed by atoms with E-state index < -0.39 is 0 Å². The van der Waals surface area contributed by atoms with Crippen LogP contribution in [0.4, 0.5) is 0 Å². The van der Waals surface area contributed by atoms with Crippen LogP contribution >= 0.6 is 15.9 Å². The molecule has 0 aromatic heterocycles. The first-order valence-corrected chi connectivity index (χ1v) is 9.89. The average Bonchev–Trinajstić information content (AvgIpc) is 2.97. The van der Waals surface area contributed by atoms with E-state index in [0.29, 0.717) is 37.3 Å². The first-order chi connectivity index (χ1) is 14.0. The van der Waals surface area contributed by atoms with Gasteiger partial charge in [0.15, 0.2) is 0 Å². The number of carbonyl (C=O) groups excluding carboxylic acids is 2. The van der Waals surface area contributed by atoms with Gasteiger partial charge in [0.25, 0.3) is 11.8 Å². The Morgan fingerprint density at radius 3 is 2.52 bits per heavy atom. The zero-order valence-corrected chi connectivity index (χ0v) is 17.6. The topological polar surface area (TPSA) is 68.2 Å². The summed E-state index contributed by atoms with van der Waals surface area (Å²) in [5, 5.41) is 5.50. The van der Waals surface area contributed by atoms with Crippen LogP contribution in [-0.2, 0) is 16.2 Å². The lowest BCUT2D eigenvalue weighted by Gasteiger charge is -2.13. The third-order valence-corrected chi connectivity index (χ3v) is 5.15. The van der Waals surface area contributed by atoms with E-state index >= 15 is 0 Å². The van der Waals surface area contributed by atoms with Gasteiger partial charge in [-0.2, -0.15) is 0 Å². The summed E-state index contributed by atoms with van der Waals surface area (Å²) in [5.74, 6) is -0.473. The Morgan fingerprint density at radius 2 is 1.86 bits per heavy atom. The second-order valence-electron chi connectivity index (χ2n) is 6.47. The molecule has 0 radical (unpaired) electrons. The summed E-state index contributed by atoms with van der Waals surface area (Å²) in [4.78, 5) is 30.6. The highest BCUT2D eigenvalue weighted by Gasteiger charge is 2.34. The van der Waals surface area contributed by atoms with Crippen molar-refractivity contribution in [2.45, 2.75) is 13.0 Å². The van der Waals surface area contributed by atoms with Crippen LogP contribution in [0.15, 0.2) is 47.6 Å². The van der Waals surface area contributed by atoms with Gasteiger partial charge < -0.3 is 9.57 Å². The van der Waals surface area contributed by atoms with Gasteiger partial charge in [-0.3, -0.25) is 14.5 Å². The molecule has 6 nitrogen and oxygen atoms in total. The third kappa shape index (κ3) is 4.81. The molecule has 29 heavy (non-hydrogen) atoms. The molecule has 0 unspecified atom stereocenters. The molecule has 3 rings (SSSR count). The highest BCUT2D eigenvalue weighted by Crippen LogP contribution is 2.22. The zero-order valence-electron chi connectivity index (χ0n) is 16.1. The first-order valence-electron chi connectivity index (χ1n) is 9.10. The molecule has 0 saturated heterocycles. The van der Waals surface area contributed by atoms with Crippen molar-refractivity contribution in [1.82, 2.24) is 4.90 Å². The summed E-state index contributed by atoms with van der Waals surface area (Å²) in [6, 6.07) is 12.7. The molecule has 1 aliphatic heterocycles. The number of imide groups is 1. The summed E-state index contributed by atoms with van der Waals surface area (Å²) in [5.41, 5.74) is 1.92. The van der Waals surface area contributed by atoms with Crippen molar-refractivity contribution in [3.05, 3.63) is 69.6 Å². The van der Waals surface area contributed by atoms with Crippen molar-refractivity contribution < 1.29 is 19.2 Å². The number of nitrogens with zero attached hydrogens (tertiary/aromatic N) is 2. The van der Waals surface area contributed by atoms with E-state index in [0.717, 1.165) is 20.5 Å². The lowest BCUT2D eigenvalue weighted by atomic mass is 10.1. The Labute approximate surface area is 177 Å². The van der Waals surface area contributed by atoms with E-state index in [4.69, 9.17) is 9.57 Å². The maximum atomic E-state index is 12.3. The fourth-order valence-corrected chi connectivity index (χ4v) is 3.51. The van der Waals surface area contributed by atoms with E-state index in [1.54, 1.807) is 30.5 Å². The second kappa shape index (κ2) is 9.62. The Bertz CT molecular complexity index is 1030. The summed E-state index contributed by atoms with van der Waals surface area (Å²) < 4.78 is 6.49. The number of halogens is 1. The Balaban J connectivity index is 1.53. The number of benzene rings is 2. The molecule has 1 heterocycles. The van der Waals surface area contributed by atoms with Gasteiger partial charge in [0.1, 0.15) is 7.11 Å². The van der Waals surface area contributed by atoms with Crippen LogP contribution in [-0.4, -0.2) is 43.2 Å². The molecule has 1 aliphatic rings. The normalized spacial score (nSPS) is 14.5. The van der Waals surface area contributed by atoms with Crippen LogP contribution in [0.3, 0.4) is 0 Å². The van der Waals surface area contributed by atoms with E-state index in [1.807, 2.05) is 18.2 Å². The van der Waals surface area contributed by atoms with Gasteiger partial charge in [-0.25, -0.2) is 0 Å². The SMILES string of the molecule is C=c1ccc(COCCCN2C(=O)c3ccccc3C2=O)c/c1=C(Br)/C=N/OC. The van der Waals surface area contributed by atoms with Crippen LogP contribution in [0.1, 0.15) is 32.7 Å². The molecular weight excluding hydrogens is 436 g/mol. The van der Waals surface area contributed by atoms with E-state index in [1.165, 1.54) is 12.0 Å². The number of hydrogen-bond donors (Lipinski definition) is 0. The highest BCUT2D eigenvalue weighted by atomic mass is 79.9. The number of amides is 2. The van der Waals surface area contributed by atoms with E-state index in [-0.39, 0.29) is 11.8 Å². The molecule has 2 aromatic rings. The summed E-state index contributed by atoms with van der Waals surface area (Å²) >= 11 is 3.46. The lowest BCUT2D eigenvalue weighted by Crippen LogP contribution is -2.31. The molecule has 0 spiro atoms. The summed E-state index contributed by atoms with van der Waals surface area (Å²) in [6.45, 7) is 5.20. The average molecular weight is 457 g/mol. The van der Waals surface area contributed by atoms with E-state index in [9.17, 15) is 9.59 Å². The molecule has 2 aromatic carbocycles. The molecule has 0 bridgehead atoms. The number of carbonyl (C=O) groups is 2. The Morgan fingerprint density at radius 1 is 1.17 bits per heavy atom. The molecule has 0 fully saturated rings. The van der Waals surface area contributed by atoms with Gasteiger partial charge >= 0.3 is 0 Å². The maximum Gasteiger partial charge on any atom is 0.261 e. The standard InChI is InChI=1S/C22H21BrN2O4/c1-15-8-9-16(12-19(15)20(23)13-24-28-2)14-29-11-5-10-25-21(26)17-6-3-4-7-18(17)22(25)27/h3-4,6-9,12-13H,1,5,10-11,14H2,2H3/b20-19+,24-13+. The van der Waals surface area contributed by atoms with Gasteiger partial charge in [-0.05, 0) is 56.6 Å². The minimum absolute atomic E-state index is 0.237. The van der Waals surface area contributed by atoms with Crippen molar-refractivity contribution in [3.8, 4) is 0 Å². The smallest absolute Gasteiger partial charge is 0.261 e. The van der Waals surface area contributed by atoms with Crippen molar-refractivity contribution in [2.75, 3.05) is 20.3 Å².